The minimum Gasteiger partial charge on any atom is -0.373 e. The second kappa shape index (κ2) is 5.90. The van der Waals surface area contributed by atoms with Crippen LogP contribution in [0, 0.1) is 6.92 Å². The highest BCUT2D eigenvalue weighted by molar-refractivity contribution is 5.68. The molecule has 0 saturated carbocycles. The zero-order chi connectivity index (χ0) is 14.7. The summed E-state index contributed by atoms with van der Waals surface area (Å²) in [5.41, 5.74) is 3.51. The molecule has 0 bridgehead atoms. The van der Waals surface area contributed by atoms with Gasteiger partial charge in [0.05, 0.1) is 0 Å². The van der Waals surface area contributed by atoms with Crippen molar-refractivity contribution < 1.29 is 0 Å². The van der Waals surface area contributed by atoms with Crippen LogP contribution in [-0.4, -0.2) is 24.1 Å². The Morgan fingerprint density at radius 3 is 2.55 bits per heavy atom. The van der Waals surface area contributed by atoms with Crippen LogP contribution in [0.1, 0.15) is 30.9 Å². The number of nitrogens with zero attached hydrogens (tertiary/aromatic N) is 3. The van der Waals surface area contributed by atoms with Crippen LogP contribution < -0.4 is 10.2 Å². The molecule has 0 fully saturated rings. The SMILES string of the molecule is CNc1ncnc(N(C)c2cccc(C)c2)c1C(C)C. The molecule has 0 aliphatic heterocycles. The standard InChI is InChI=1S/C16H22N4/c1-11(2)14-15(17-4)18-10-19-16(14)20(5)13-8-6-7-12(3)9-13/h6-11H,1-5H3,(H,17,18,19). The van der Waals surface area contributed by atoms with Gasteiger partial charge in [0.1, 0.15) is 18.0 Å². The summed E-state index contributed by atoms with van der Waals surface area (Å²) in [4.78, 5) is 10.9. The van der Waals surface area contributed by atoms with E-state index in [2.05, 4.69) is 65.2 Å². The maximum absolute atomic E-state index is 4.49. The molecule has 0 saturated heterocycles. The van der Waals surface area contributed by atoms with Gasteiger partial charge in [0, 0.05) is 25.3 Å². The van der Waals surface area contributed by atoms with E-state index in [0.717, 1.165) is 22.9 Å². The molecular weight excluding hydrogens is 248 g/mol. The average molecular weight is 270 g/mol. The van der Waals surface area contributed by atoms with Gasteiger partial charge in [0.25, 0.3) is 0 Å². The fraction of sp³-hybridized carbons (Fsp3) is 0.375. The minimum atomic E-state index is 0.348. The monoisotopic (exact) mass is 270 g/mol. The summed E-state index contributed by atoms with van der Waals surface area (Å²) in [7, 11) is 3.94. The lowest BCUT2D eigenvalue weighted by atomic mass is 10.0. The second-order valence-electron chi connectivity index (χ2n) is 5.26. The molecule has 1 aromatic heterocycles. The summed E-state index contributed by atoms with van der Waals surface area (Å²) >= 11 is 0. The molecule has 4 nitrogen and oxygen atoms in total. The molecule has 0 radical (unpaired) electrons. The third kappa shape index (κ3) is 2.74. The first kappa shape index (κ1) is 14.3. The fourth-order valence-corrected chi connectivity index (χ4v) is 2.34. The first-order valence-corrected chi connectivity index (χ1v) is 6.87. The zero-order valence-electron chi connectivity index (χ0n) is 12.8. The maximum Gasteiger partial charge on any atom is 0.141 e. The fourth-order valence-electron chi connectivity index (χ4n) is 2.34. The van der Waals surface area contributed by atoms with E-state index in [1.807, 2.05) is 14.1 Å². The Hall–Kier alpha value is -2.10. The molecule has 0 amide bonds. The van der Waals surface area contributed by atoms with Crippen LogP contribution in [0.25, 0.3) is 0 Å². The van der Waals surface area contributed by atoms with Crippen LogP contribution in [0.2, 0.25) is 0 Å². The van der Waals surface area contributed by atoms with E-state index in [1.54, 1.807) is 6.33 Å². The highest BCUT2D eigenvalue weighted by atomic mass is 15.2. The minimum absolute atomic E-state index is 0.348. The number of hydrogen-bond acceptors (Lipinski definition) is 4. The summed E-state index contributed by atoms with van der Waals surface area (Å²) in [5.74, 6) is 2.19. The van der Waals surface area contributed by atoms with Gasteiger partial charge in [-0.25, -0.2) is 9.97 Å². The number of nitrogens with one attached hydrogen (secondary N) is 1. The molecule has 0 aliphatic rings. The highest BCUT2D eigenvalue weighted by Gasteiger charge is 2.18. The molecule has 0 unspecified atom stereocenters. The Labute approximate surface area is 120 Å². The Balaban J connectivity index is 2.52. The summed E-state index contributed by atoms with van der Waals surface area (Å²) in [6, 6.07) is 8.42. The molecule has 2 aromatic rings. The number of aromatic nitrogens is 2. The van der Waals surface area contributed by atoms with Crippen molar-refractivity contribution >= 4 is 17.3 Å². The van der Waals surface area contributed by atoms with Crippen molar-refractivity contribution in [1.29, 1.82) is 0 Å². The molecule has 106 valence electrons. The van der Waals surface area contributed by atoms with Crippen LogP contribution in [0.15, 0.2) is 30.6 Å². The third-order valence-electron chi connectivity index (χ3n) is 3.38. The van der Waals surface area contributed by atoms with Crippen molar-refractivity contribution in [3.8, 4) is 0 Å². The number of anilines is 3. The third-order valence-corrected chi connectivity index (χ3v) is 3.38. The summed E-state index contributed by atoms with van der Waals surface area (Å²) in [5, 5.41) is 3.16. The maximum atomic E-state index is 4.49. The zero-order valence-corrected chi connectivity index (χ0v) is 12.8. The smallest absolute Gasteiger partial charge is 0.141 e. The van der Waals surface area contributed by atoms with Crippen molar-refractivity contribution in [2.75, 3.05) is 24.3 Å². The molecule has 1 heterocycles. The topological polar surface area (TPSA) is 41.1 Å². The molecule has 2 rings (SSSR count). The van der Waals surface area contributed by atoms with Crippen molar-refractivity contribution in [2.45, 2.75) is 26.7 Å². The van der Waals surface area contributed by atoms with Crippen LogP contribution in [0.3, 0.4) is 0 Å². The molecule has 1 aromatic carbocycles. The van der Waals surface area contributed by atoms with Crippen molar-refractivity contribution in [3.05, 3.63) is 41.7 Å². The Kier molecular flexibility index (Phi) is 4.23. The average Bonchev–Trinajstić information content (AvgIpc) is 2.45. The molecule has 0 aliphatic carbocycles. The van der Waals surface area contributed by atoms with Gasteiger partial charge >= 0.3 is 0 Å². The molecule has 4 heteroatoms. The number of rotatable bonds is 4. The summed E-state index contributed by atoms with van der Waals surface area (Å²) < 4.78 is 0. The molecule has 0 spiro atoms. The molecule has 0 atom stereocenters. The highest BCUT2D eigenvalue weighted by Crippen LogP contribution is 2.33. The van der Waals surface area contributed by atoms with E-state index in [9.17, 15) is 0 Å². The second-order valence-corrected chi connectivity index (χ2v) is 5.26. The lowest BCUT2D eigenvalue weighted by Gasteiger charge is -2.24. The lowest BCUT2D eigenvalue weighted by molar-refractivity contribution is 0.841. The van der Waals surface area contributed by atoms with E-state index in [-0.39, 0.29) is 0 Å². The number of aryl methyl sites for hydroxylation is 1. The molecular formula is C16H22N4. The van der Waals surface area contributed by atoms with Gasteiger partial charge in [-0.05, 0) is 30.5 Å². The van der Waals surface area contributed by atoms with Crippen LogP contribution >= 0.6 is 0 Å². The van der Waals surface area contributed by atoms with E-state index < -0.39 is 0 Å². The van der Waals surface area contributed by atoms with Gasteiger partial charge in [-0.3, -0.25) is 0 Å². The van der Waals surface area contributed by atoms with Crippen LogP contribution in [0.5, 0.6) is 0 Å². The quantitative estimate of drug-likeness (QED) is 0.919. The first-order chi connectivity index (χ1) is 9.54. The van der Waals surface area contributed by atoms with Gasteiger partial charge < -0.3 is 10.2 Å². The first-order valence-electron chi connectivity index (χ1n) is 6.87. The van der Waals surface area contributed by atoms with E-state index in [4.69, 9.17) is 0 Å². The van der Waals surface area contributed by atoms with E-state index >= 15 is 0 Å². The lowest BCUT2D eigenvalue weighted by Crippen LogP contribution is -2.16. The van der Waals surface area contributed by atoms with Crippen molar-refractivity contribution in [3.63, 3.8) is 0 Å². The van der Waals surface area contributed by atoms with Crippen molar-refractivity contribution in [2.24, 2.45) is 0 Å². The number of hydrogen-bond donors (Lipinski definition) is 1. The van der Waals surface area contributed by atoms with E-state index in [1.165, 1.54) is 5.56 Å². The Morgan fingerprint density at radius 2 is 1.95 bits per heavy atom. The van der Waals surface area contributed by atoms with Crippen molar-refractivity contribution in [1.82, 2.24) is 9.97 Å². The normalized spacial score (nSPS) is 10.7. The van der Waals surface area contributed by atoms with Gasteiger partial charge in [0.2, 0.25) is 0 Å². The Morgan fingerprint density at radius 1 is 1.20 bits per heavy atom. The van der Waals surface area contributed by atoms with Gasteiger partial charge in [-0.1, -0.05) is 26.0 Å². The predicted octanol–water partition coefficient (Wildman–Crippen LogP) is 3.72. The largest absolute Gasteiger partial charge is 0.373 e. The molecule has 20 heavy (non-hydrogen) atoms. The van der Waals surface area contributed by atoms with E-state index in [0.29, 0.717) is 5.92 Å². The van der Waals surface area contributed by atoms with Crippen LogP contribution in [-0.2, 0) is 0 Å². The summed E-state index contributed by atoms with van der Waals surface area (Å²) in [6.07, 6.45) is 1.61. The number of benzene rings is 1. The van der Waals surface area contributed by atoms with Gasteiger partial charge in [0.15, 0.2) is 0 Å². The summed E-state index contributed by atoms with van der Waals surface area (Å²) in [6.45, 7) is 6.42. The molecule has 1 N–H and O–H groups in total. The van der Waals surface area contributed by atoms with Crippen LogP contribution in [0.4, 0.5) is 17.3 Å². The van der Waals surface area contributed by atoms with Gasteiger partial charge in [-0.2, -0.15) is 0 Å². The Bertz CT molecular complexity index is 593. The predicted molar refractivity (Wildman–Crippen MR) is 84.9 cm³/mol. The van der Waals surface area contributed by atoms with Gasteiger partial charge in [-0.15, -0.1) is 0 Å².